The van der Waals surface area contributed by atoms with Gasteiger partial charge in [0.2, 0.25) is 11.8 Å². The third kappa shape index (κ3) is 4.91. The highest BCUT2D eigenvalue weighted by Crippen LogP contribution is 2.40. The maximum atomic E-state index is 12.7. The minimum Gasteiger partial charge on any atom is -0.497 e. The van der Waals surface area contributed by atoms with Gasteiger partial charge in [0, 0.05) is 45.0 Å². The van der Waals surface area contributed by atoms with Gasteiger partial charge >= 0.3 is 0 Å². The second kappa shape index (κ2) is 8.61. The summed E-state index contributed by atoms with van der Waals surface area (Å²) < 4.78 is 5.20. The first-order chi connectivity index (χ1) is 13.0. The Labute approximate surface area is 161 Å². The number of nitrogens with one attached hydrogen (secondary N) is 1. The number of hydrogen-bond acceptors (Lipinski definition) is 5. The van der Waals surface area contributed by atoms with Crippen molar-refractivity contribution in [2.24, 2.45) is 11.8 Å². The van der Waals surface area contributed by atoms with Crippen LogP contribution in [-0.4, -0.2) is 82.1 Å². The maximum absolute atomic E-state index is 12.7. The lowest BCUT2D eigenvalue weighted by Crippen LogP contribution is -2.49. The van der Waals surface area contributed by atoms with E-state index in [9.17, 15) is 9.59 Å². The standard InChI is InChI=1S/C20H30N4O3/c1-22(2)9-8-21-19(25)17-14-18(17)20(26)24-12-10-23(11-13-24)15-4-6-16(27-3)7-5-15/h4-7,17-18H,8-14H2,1-3H3,(H,21,25). The SMILES string of the molecule is COc1ccc(N2CCN(C(=O)C3CC3C(=O)NCCN(C)C)CC2)cc1. The highest BCUT2D eigenvalue weighted by atomic mass is 16.5. The summed E-state index contributed by atoms with van der Waals surface area (Å²) in [6.07, 6.45) is 0.686. The molecule has 27 heavy (non-hydrogen) atoms. The van der Waals surface area contributed by atoms with Crippen molar-refractivity contribution in [1.29, 1.82) is 0 Å². The van der Waals surface area contributed by atoms with E-state index in [2.05, 4.69) is 10.2 Å². The average Bonchev–Trinajstić information content (AvgIpc) is 3.48. The molecule has 2 atom stereocenters. The number of ether oxygens (including phenoxy) is 1. The lowest BCUT2D eigenvalue weighted by atomic mass is 10.2. The Morgan fingerprint density at radius 3 is 2.37 bits per heavy atom. The van der Waals surface area contributed by atoms with Crippen molar-refractivity contribution in [3.63, 3.8) is 0 Å². The molecule has 1 saturated heterocycles. The molecule has 1 aliphatic carbocycles. The van der Waals surface area contributed by atoms with Gasteiger partial charge in [-0.2, -0.15) is 0 Å². The smallest absolute Gasteiger partial charge is 0.226 e. The van der Waals surface area contributed by atoms with Crippen molar-refractivity contribution in [3.05, 3.63) is 24.3 Å². The fourth-order valence-corrected chi connectivity index (χ4v) is 3.50. The molecule has 2 unspecified atom stereocenters. The van der Waals surface area contributed by atoms with Gasteiger partial charge in [0.05, 0.1) is 18.9 Å². The van der Waals surface area contributed by atoms with Gasteiger partial charge in [-0.15, -0.1) is 0 Å². The van der Waals surface area contributed by atoms with Crippen LogP contribution >= 0.6 is 0 Å². The Bertz CT molecular complexity index is 654. The third-order valence-electron chi connectivity index (χ3n) is 5.33. The number of rotatable bonds is 7. The van der Waals surface area contributed by atoms with Crippen LogP contribution in [0.25, 0.3) is 0 Å². The number of benzene rings is 1. The fourth-order valence-electron chi connectivity index (χ4n) is 3.50. The van der Waals surface area contributed by atoms with E-state index < -0.39 is 0 Å². The van der Waals surface area contributed by atoms with Crippen LogP contribution in [-0.2, 0) is 9.59 Å². The van der Waals surface area contributed by atoms with Crippen molar-refractivity contribution in [2.45, 2.75) is 6.42 Å². The summed E-state index contributed by atoms with van der Waals surface area (Å²) >= 11 is 0. The summed E-state index contributed by atoms with van der Waals surface area (Å²) in [5.74, 6) is 0.733. The zero-order chi connectivity index (χ0) is 19.4. The summed E-state index contributed by atoms with van der Waals surface area (Å²) in [6.45, 7) is 4.47. The third-order valence-corrected chi connectivity index (χ3v) is 5.33. The van der Waals surface area contributed by atoms with Crippen molar-refractivity contribution >= 4 is 17.5 Å². The molecule has 1 heterocycles. The second-order valence-corrected chi connectivity index (χ2v) is 7.55. The largest absolute Gasteiger partial charge is 0.497 e. The summed E-state index contributed by atoms with van der Waals surface area (Å²) in [7, 11) is 5.61. The molecule has 0 spiro atoms. The van der Waals surface area contributed by atoms with Gasteiger partial charge in [-0.25, -0.2) is 0 Å². The Morgan fingerprint density at radius 2 is 1.78 bits per heavy atom. The molecular formula is C20H30N4O3. The van der Waals surface area contributed by atoms with Gasteiger partial charge < -0.3 is 24.8 Å². The van der Waals surface area contributed by atoms with E-state index in [0.717, 1.165) is 31.1 Å². The number of methoxy groups -OCH3 is 1. The van der Waals surface area contributed by atoms with Crippen LogP contribution in [0, 0.1) is 11.8 Å². The van der Waals surface area contributed by atoms with Crippen LogP contribution in [0.5, 0.6) is 5.75 Å². The number of likely N-dealkylation sites (N-methyl/N-ethyl adjacent to an activating group) is 1. The van der Waals surface area contributed by atoms with E-state index in [-0.39, 0.29) is 23.7 Å². The second-order valence-electron chi connectivity index (χ2n) is 7.55. The molecule has 1 aromatic rings. The summed E-state index contributed by atoms with van der Waals surface area (Å²) in [5, 5.41) is 2.93. The van der Waals surface area contributed by atoms with Gasteiger partial charge in [0.15, 0.2) is 0 Å². The van der Waals surface area contributed by atoms with Crippen LogP contribution in [0.2, 0.25) is 0 Å². The maximum Gasteiger partial charge on any atom is 0.226 e. The molecule has 1 aliphatic heterocycles. The quantitative estimate of drug-likeness (QED) is 0.760. The normalized spacial score (nSPS) is 21.9. The zero-order valence-electron chi connectivity index (χ0n) is 16.5. The van der Waals surface area contributed by atoms with E-state index >= 15 is 0 Å². The lowest BCUT2D eigenvalue weighted by Gasteiger charge is -2.36. The molecule has 1 aromatic carbocycles. The van der Waals surface area contributed by atoms with E-state index in [1.807, 2.05) is 48.2 Å². The Balaban J connectivity index is 1.43. The van der Waals surface area contributed by atoms with E-state index in [1.54, 1.807) is 7.11 Å². The summed E-state index contributed by atoms with van der Waals surface area (Å²) in [5.41, 5.74) is 1.15. The molecule has 0 radical (unpaired) electrons. The van der Waals surface area contributed by atoms with Gasteiger partial charge in [-0.05, 0) is 44.8 Å². The summed E-state index contributed by atoms with van der Waals surface area (Å²) in [4.78, 5) is 31.1. The zero-order valence-corrected chi connectivity index (χ0v) is 16.5. The first-order valence-electron chi connectivity index (χ1n) is 9.60. The predicted molar refractivity (Wildman–Crippen MR) is 105 cm³/mol. The van der Waals surface area contributed by atoms with E-state index in [1.165, 1.54) is 0 Å². The van der Waals surface area contributed by atoms with Crippen molar-refractivity contribution in [2.75, 3.05) is 65.4 Å². The lowest BCUT2D eigenvalue weighted by molar-refractivity contribution is -0.135. The molecule has 7 heteroatoms. The first-order valence-corrected chi connectivity index (χ1v) is 9.60. The molecule has 2 fully saturated rings. The van der Waals surface area contributed by atoms with Crippen LogP contribution in [0.4, 0.5) is 5.69 Å². The number of carbonyl (C=O) groups is 2. The molecule has 2 aliphatic rings. The first kappa shape index (κ1) is 19.5. The van der Waals surface area contributed by atoms with E-state index in [4.69, 9.17) is 4.74 Å². The van der Waals surface area contributed by atoms with Crippen molar-refractivity contribution in [3.8, 4) is 5.75 Å². The molecule has 2 amide bonds. The molecule has 7 nitrogen and oxygen atoms in total. The molecule has 0 aromatic heterocycles. The topological polar surface area (TPSA) is 65.1 Å². The monoisotopic (exact) mass is 374 g/mol. The van der Waals surface area contributed by atoms with Gasteiger partial charge in [0.1, 0.15) is 5.75 Å². The van der Waals surface area contributed by atoms with Gasteiger partial charge in [-0.1, -0.05) is 0 Å². The molecule has 0 bridgehead atoms. The van der Waals surface area contributed by atoms with Crippen molar-refractivity contribution < 1.29 is 14.3 Å². The van der Waals surface area contributed by atoms with Crippen LogP contribution in [0.15, 0.2) is 24.3 Å². The molecule has 148 valence electrons. The molecular weight excluding hydrogens is 344 g/mol. The molecule has 1 saturated carbocycles. The highest BCUT2D eigenvalue weighted by molar-refractivity contribution is 5.92. The van der Waals surface area contributed by atoms with Crippen LogP contribution < -0.4 is 15.0 Å². The van der Waals surface area contributed by atoms with Gasteiger partial charge in [0.25, 0.3) is 0 Å². The fraction of sp³-hybridized carbons (Fsp3) is 0.600. The van der Waals surface area contributed by atoms with Crippen molar-refractivity contribution in [1.82, 2.24) is 15.1 Å². The van der Waals surface area contributed by atoms with E-state index in [0.29, 0.717) is 26.1 Å². The molecule has 3 rings (SSSR count). The van der Waals surface area contributed by atoms with Crippen LogP contribution in [0.3, 0.4) is 0 Å². The Hall–Kier alpha value is -2.28. The number of carbonyl (C=O) groups excluding carboxylic acids is 2. The average molecular weight is 374 g/mol. The predicted octanol–water partition coefficient (Wildman–Crippen LogP) is 0.658. The highest BCUT2D eigenvalue weighted by Gasteiger charge is 2.49. The Morgan fingerprint density at radius 1 is 1.11 bits per heavy atom. The number of amides is 2. The van der Waals surface area contributed by atoms with Crippen LogP contribution in [0.1, 0.15) is 6.42 Å². The number of hydrogen-bond donors (Lipinski definition) is 1. The minimum absolute atomic E-state index is 0.0204. The number of nitrogens with zero attached hydrogens (tertiary/aromatic N) is 3. The number of anilines is 1. The number of piperazine rings is 1. The summed E-state index contributed by atoms with van der Waals surface area (Å²) in [6, 6.07) is 8.00. The van der Waals surface area contributed by atoms with Gasteiger partial charge in [-0.3, -0.25) is 9.59 Å². The Kier molecular flexibility index (Phi) is 6.21. The molecule has 1 N–H and O–H groups in total. The minimum atomic E-state index is -0.140.